The number of nitrogens with one attached hydrogen (secondary N) is 2. The Kier molecular flexibility index (Phi) is 5.40. The molecular weight excluding hydrogens is 390 g/mol. The topological polar surface area (TPSA) is 149 Å². The molecule has 3 rings (SSSR count). The van der Waals surface area contributed by atoms with Crippen LogP contribution in [0.25, 0.3) is 0 Å². The number of nitrogens with zero attached hydrogens (tertiary/aromatic N) is 3. The third kappa shape index (κ3) is 5.26. The highest BCUT2D eigenvalue weighted by atomic mass is 35.5. The highest BCUT2D eigenvalue weighted by molar-refractivity contribution is 7.88. The summed E-state index contributed by atoms with van der Waals surface area (Å²) in [6.07, 6.45) is 1.41. The van der Waals surface area contributed by atoms with Gasteiger partial charge < -0.3 is 16.4 Å². The first-order valence-corrected chi connectivity index (χ1v) is 9.77. The number of rotatable bonds is 6. The van der Waals surface area contributed by atoms with E-state index in [2.05, 4.69) is 25.6 Å². The molecular formula is C16H16ClN7O2S. The smallest absolute Gasteiger partial charge is 0.230 e. The van der Waals surface area contributed by atoms with Gasteiger partial charge in [-0.2, -0.15) is 4.98 Å². The van der Waals surface area contributed by atoms with Crippen LogP contribution in [0, 0.1) is 0 Å². The summed E-state index contributed by atoms with van der Waals surface area (Å²) < 4.78 is 22.9. The summed E-state index contributed by atoms with van der Waals surface area (Å²) in [5.41, 5.74) is 6.65. The highest BCUT2D eigenvalue weighted by Gasteiger charge is 2.12. The van der Waals surface area contributed by atoms with E-state index in [0.29, 0.717) is 28.7 Å². The maximum absolute atomic E-state index is 11.4. The molecule has 9 nitrogen and oxygen atoms in total. The second kappa shape index (κ2) is 7.74. The molecule has 140 valence electrons. The van der Waals surface area contributed by atoms with Crippen molar-refractivity contribution in [1.82, 2.24) is 15.0 Å². The zero-order valence-electron chi connectivity index (χ0n) is 13.9. The first-order valence-electron chi connectivity index (χ1n) is 7.68. The molecule has 0 radical (unpaired) electrons. The van der Waals surface area contributed by atoms with E-state index in [4.69, 9.17) is 22.5 Å². The van der Waals surface area contributed by atoms with E-state index in [1.807, 2.05) is 0 Å². The van der Waals surface area contributed by atoms with Gasteiger partial charge in [0.2, 0.25) is 16.0 Å². The molecule has 0 aliphatic heterocycles. The van der Waals surface area contributed by atoms with Gasteiger partial charge in [0.15, 0.2) is 5.82 Å². The SMILES string of the molecule is Nc1cccc(Nc2ncc(Cl)c(Nc3ccccc3CS(N)(=O)=O)n2)n1. The van der Waals surface area contributed by atoms with Crippen LogP contribution in [0.3, 0.4) is 0 Å². The lowest BCUT2D eigenvalue weighted by Crippen LogP contribution is -2.15. The molecule has 0 saturated heterocycles. The van der Waals surface area contributed by atoms with Gasteiger partial charge in [0.25, 0.3) is 0 Å². The van der Waals surface area contributed by atoms with E-state index >= 15 is 0 Å². The quantitative estimate of drug-likeness (QED) is 0.488. The molecule has 11 heteroatoms. The van der Waals surface area contributed by atoms with Crippen LogP contribution in [0.4, 0.5) is 29.1 Å². The monoisotopic (exact) mass is 405 g/mol. The van der Waals surface area contributed by atoms with Crippen molar-refractivity contribution in [3.05, 3.63) is 59.2 Å². The van der Waals surface area contributed by atoms with Crippen LogP contribution in [0.1, 0.15) is 5.56 Å². The number of sulfonamides is 1. The Labute approximate surface area is 160 Å². The number of anilines is 5. The first kappa shape index (κ1) is 18.8. The Bertz CT molecular complexity index is 1080. The molecule has 0 bridgehead atoms. The number of primary sulfonamides is 1. The number of nitrogens with two attached hydrogens (primary N) is 2. The summed E-state index contributed by atoms with van der Waals surface area (Å²) in [7, 11) is -3.69. The van der Waals surface area contributed by atoms with Crippen molar-refractivity contribution < 1.29 is 8.42 Å². The zero-order chi connectivity index (χ0) is 19.4. The van der Waals surface area contributed by atoms with E-state index in [1.165, 1.54) is 6.20 Å². The van der Waals surface area contributed by atoms with Crippen LogP contribution in [0.2, 0.25) is 5.02 Å². The lowest BCUT2D eigenvalue weighted by Gasteiger charge is -2.13. The molecule has 0 aliphatic rings. The predicted molar refractivity (Wildman–Crippen MR) is 106 cm³/mol. The van der Waals surface area contributed by atoms with Gasteiger partial charge in [-0.3, -0.25) is 0 Å². The molecule has 6 N–H and O–H groups in total. The number of hydrogen-bond donors (Lipinski definition) is 4. The molecule has 1 aromatic carbocycles. The molecule has 0 fully saturated rings. The van der Waals surface area contributed by atoms with Crippen molar-refractivity contribution in [1.29, 1.82) is 0 Å². The third-order valence-corrected chi connectivity index (χ3v) is 4.37. The minimum atomic E-state index is -3.69. The average molecular weight is 406 g/mol. The van der Waals surface area contributed by atoms with Gasteiger partial charge in [-0.05, 0) is 23.8 Å². The number of hydrogen-bond acceptors (Lipinski definition) is 8. The Hall–Kier alpha value is -2.95. The fourth-order valence-electron chi connectivity index (χ4n) is 2.26. The number of aromatic nitrogens is 3. The minimum absolute atomic E-state index is 0.240. The van der Waals surface area contributed by atoms with Crippen molar-refractivity contribution in [2.24, 2.45) is 5.14 Å². The Morgan fingerprint density at radius 3 is 2.56 bits per heavy atom. The number of para-hydroxylation sites is 1. The number of nitrogen functional groups attached to an aromatic ring is 1. The van der Waals surface area contributed by atoms with E-state index < -0.39 is 10.0 Å². The molecule has 2 aromatic heterocycles. The molecule has 0 saturated carbocycles. The summed E-state index contributed by atoms with van der Waals surface area (Å²) in [6.45, 7) is 0. The fraction of sp³-hybridized carbons (Fsp3) is 0.0625. The summed E-state index contributed by atoms with van der Waals surface area (Å²) >= 11 is 6.17. The van der Waals surface area contributed by atoms with Crippen LogP contribution in [-0.2, 0) is 15.8 Å². The largest absolute Gasteiger partial charge is 0.384 e. The summed E-state index contributed by atoms with van der Waals surface area (Å²) in [5, 5.41) is 11.3. The van der Waals surface area contributed by atoms with E-state index in [1.54, 1.807) is 42.5 Å². The first-order chi connectivity index (χ1) is 12.8. The lowest BCUT2D eigenvalue weighted by molar-refractivity contribution is 0.597. The molecule has 27 heavy (non-hydrogen) atoms. The number of pyridine rings is 1. The van der Waals surface area contributed by atoms with Crippen LogP contribution >= 0.6 is 11.6 Å². The highest BCUT2D eigenvalue weighted by Crippen LogP contribution is 2.27. The van der Waals surface area contributed by atoms with Crippen LogP contribution in [0.15, 0.2) is 48.7 Å². The van der Waals surface area contributed by atoms with Gasteiger partial charge in [-0.1, -0.05) is 35.9 Å². The molecule has 3 aromatic rings. The van der Waals surface area contributed by atoms with Crippen molar-refractivity contribution in [2.45, 2.75) is 5.75 Å². The Morgan fingerprint density at radius 2 is 1.81 bits per heavy atom. The molecule has 0 atom stereocenters. The standard InChI is InChI=1S/C16H16ClN7O2S/c17-11-8-20-16(23-14-7-3-6-13(18)22-14)24-15(11)21-12-5-2-1-4-10(12)9-27(19,25)26/h1-8H,9H2,(H2,19,25,26)(H4,18,20,21,22,23,24). The van der Waals surface area contributed by atoms with Crippen molar-refractivity contribution in [3.63, 3.8) is 0 Å². The van der Waals surface area contributed by atoms with Crippen molar-refractivity contribution >= 4 is 50.7 Å². The number of benzene rings is 1. The molecule has 0 spiro atoms. The summed E-state index contributed by atoms with van der Waals surface area (Å²) in [5.74, 6) is 1.03. The van der Waals surface area contributed by atoms with E-state index in [9.17, 15) is 8.42 Å². The van der Waals surface area contributed by atoms with Gasteiger partial charge in [-0.25, -0.2) is 23.5 Å². The fourth-order valence-corrected chi connectivity index (χ4v) is 3.09. The maximum Gasteiger partial charge on any atom is 0.230 e. The van der Waals surface area contributed by atoms with E-state index in [0.717, 1.165) is 0 Å². The molecule has 0 unspecified atom stereocenters. The average Bonchev–Trinajstić information content (AvgIpc) is 2.58. The predicted octanol–water partition coefficient (Wildman–Crippen LogP) is 2.38. The van der Waals surface area contributed by atoms with Gasteiger partial charge in [0, 0.05) is 5.69 Å². The second-order valence-electron chi connectivity index (χ2n) is 5.55. The van der Waals surface area contributed by atoms with Gasteiger partial charge in [0.1, 0.15) is 16.7 Å². The van der Waals surface area contributed by atoms with Crippen molar-refractivity contribution in [2.75, 3.05) is 16.4 Å². The summed E-state index contributed by atoms with van der Waals surface area (Å²) in [4.78, 5) is 12.5. The second-order valence-corrected chi connectivity index (χ2v) is 7.57. The van der Waals surface area contributed by atoms with Gasteiger partial charge in [0.05, 0.1) is 11.9 Å². The molecule has 2 heterocycles. The Morgan fingerprint density at radius 1 is 1.04 bits per heavy atom. The maximum atomic E-state index is 11.4. The van der Waals surface area contributed by atoms with Crippen LogP contribution in [-0.4, -0.2) is 23.4 Å². The Balaban J connectivity index is 1.88. The zero-order valence-corrected chi connectivity index (χ0v) is 15.5. The van der Waals surface area contributed by atoms with Crippen LogP contribution in [0.5, 0.6) is 0 Å². The minimum Gasteiger partial charge on any atom is -0.384 e. The summed E-state index contributed by atoms with van der Waals surface area (Å²) in [6, 6.07) is 11.9. The van der Waals surface area contributed by atoms with Gasteiger partial charge in [-0.15, -0.1) is 0 Å². The van der Waals surface area contributed by atoms with Crippen molar-refractivity contribution in [3.8, 4) is 0 Å². The number of halogens is 1. The molecule has 0 amide bonds. The van der Waals surface area contributed by atoms with E-state index in [-0.39, 0.29) is 16.7 Å². The molecule has 0 aliphatic carbocycles. The van der Waals surface area contributed by atoms with Crippen LogP contribution < -0.4 is 21.5 Å². The normalized spacial score (nSPS) is 11.2. The van der Waals surface area contributed by atoms with Gasteiger partial charge >= 0.3 is 0 Å². The lowest BCUT2D eigenvalue weighted by atomic mass is 10.2. The third-order valence-electron chi connectivity index (χ3n) is 3.38.